The molecule has 284 valence electrons. The lowest BCUT2D eigenvalue weighted by atomic mass is 9.98. The van der Waals surface area contributed by atoms with Crippen molar-refractivity contribution in [1.82, 2.24) is 9.80 Å². The van der Waals surface area contributed by atoms with Crippen LogP contribution in [0.1, 0.15) is 80.3 Å². The highest BCUT2D eigenvalue weighted by atomic mass is 35.5. The van der Waals surface area contributed by atoms with Crippen molar-refractivity contribution in [2.75, 3.05) is 39.3 Å². The predicted octanol–water partition coefficient (Wildman–Crippen LogP) is 10.9. The molecule has 6 heterocycles. The smallest absolute Gasteiger partial charge is 0.307 e. The van der Waals surface area contributed by atoms with Crippen LogP contribution in [-0.2, 0) is 9.59 Å². The standard InChI is InChI=1S/2C20H25NO2S2.2ClH/c2*1-14-7-11-24-18(14)17(19-15(2)8-12-25-19)6-4-10-21-9-3-5-16(13-21)20(22)23;;/h2*6-8,11-12,16H,3-5,9-10,13H2,1-2H3,(H,22,23);2*1H/t2*16-;;/m11../s1. The fourth-order valence-electron chi connectivity index (χ4n) is 6.87. The highest BCUT2D eigenvalue weighted by Gasteiger charge is 2.26. The number of halogens is 2. The normalized spacial score (nSPS) is 17.5. The number of nitrogens with zero attached hydrogens (tertiary/aromatic N) is 2. The third-order valence-electron chi connectivity index (χ3n) is 9.72. The molecule has 0 saturated carbocycles. The third kappa shape index (κ3) is 11.9. The number of hydrogen-bond acceptors (Lipinski definition) is 8. The molecule has 0 spiro atoms. The minimum atomic E-state index is -0.649. The Morgan fingerprint density at radius 3 is 1.17 bits per heavy atom. The van der Waals surface area contributed by atoms with Gasteiger partial charge in [-0.05, 0) is 147 Å². The molecule has 2 aliphatic rings. The van der Waals surface area contributed by atoms with Crippen LogP contribution in [0.2, 0.25) is 0 Å². The van der Waals surface area contributed by atoms with Crippen LogP contribution in [-0.4, -0.2) is 71.2 Å². The molecular formula is C40H52Cl2N2O4S4. The van der Waals surface area contributed by atoms with Gasteiger partial charge in [-0.2, -0.15) is 0 Å². The van der Waals surface area contributed by atoms with Gasteiger partial charge in [-0.1, -0.05) is 12.2 Å². The number of carboxylic acids is 2. The van der Waals surface area contributed by atoms with Crippen LogP contribution in [0, 0.1) is 39.5 Å². The van der Waals surface area contributed by atoms with E-state index in [-0.39, 0.29) is 36.6 Å². The van der Waals surface area contributed by atoms with Gasteiger partial charge in [0.1, 0.15) is 0 Å². The molecule has 2 atom stereocenters. The lowest BCUT2D eigenvalue weighted by Crippen LogP contribution is -2.39. The highest BCUT2D eigenvalue weighted by Crippen LogP contribution is 2.37. The largest absolute Gasteiger partial charge is 0.481 e. The molecule has 4 aromatic heterocycles. The average Bonchev–Trinajstić information content (AvgIpc) is 3.92. The van der Waals surface area contributed by atoms with Gasteiger partial charge in [-0.3, -0.25) is 9.59 Å². The van der Waals surface area contributed by atoms with E-state index in [9.17, 15) is 19.8 Å². The number of aryl methyl sites for hydroxylation is 4. The lowest BCUT2D eigenvalue weighted by molar-refractivity contribution is -0.144. The number of aliphatic carboxylic acids is 2. The molecule has 0 radical (unpaired) electrons. The molecule has 2 fully saturated rings. The van der Waals surface area contributed by atoms with Crippen molar-refractivity contribution in [2.24, 2.45) is 11.8 Å². The van der Waals surface area contributed by atoms with Gasteiger partial charge in [0.25, 0.3) is 0 Å². The van der Waals surface area contributed by atoms with Gasteiger partial charge in [-0.25, -0.2) is 0 Å². The van der Waals surface area contributed by atoms with Gasteiger partial charge in [0, 0.05) is 56.8 Å². The molecule has 12 heteroatoms. The van der Waals surface area contributed by atoms with E-state index in [1.165, 1.54) is 52.9 Å². The summed E-state index contributed by atoms with van der Waals surface area (Å²) in [7, 11) is 0. The molecule has 0 amide bonds. The van der Waals surface area contributed by atoms with Crippen molar-refractivity contribution < 1.29 is 19.8 Å². The monoisotopic (exact) mass is 822 g/mol. The summed E-state index contributed by atoms with van der Waals surface area (Å²) in [5.74, 6) is -1.69. The van der Waals surface area contributed by atoms with Crippen molar-refractivity contribution >= 4 is 93.2 Å². The molecule has 0 bridgehead atoms. The second-order valence-corrected chi connectivity index (χ2v) is 17.2. The molecule has 4 aromatic rings. The van der Waals surface area contributed by atoms with Gasteiger partial charge in [0.2, 0.25) is 0 Å². The molecule has 2 saturated heterocycles. The zero-order chi connectivity index (χ0) is 35.6. The Labute approximate surface area is 337 Å². The van der Waals surface area contributed by atoms with Gasteiger partial charge >= 0.3 is 11.9 Å². The van der Waals surface area contributed by atoms with E-state index in [4.69, 9.17) is 0 Å². The fraction of sp³-hybridized carbons (Fsp3) is 0.450. The Balaban J connectivity index is 0.000000270. The minimum Gasteiger partial charge on any atom is -0.481 e. The van der Waals surface area contributed by atoms with E-state index in [2.05, 4.69) is 95.4 Å². The quantitative estimate of drug-likeness (QED) is 0.148. The molecular weight excluding hydrogens is 772 g/mol. The predicted molar refractivity (Wildman–Crippen MR) is 228 cm³/mol. The molecule has 6 rings (SSSR count). The van der Waals surface area contributed by atoms with E-state index in [1.807, 2.05) is 0 Å². The number of carbonyl (C=O) groups is 2. The number of thiophene rings is 4. The first kappa shape index (κ1) is 44.1. The van der Waals surface area contributed by atoms with E-state index < -0.39 is 11.9 Å². The molecule has 2 N–H and O–H groups in total. The summed E-state index contributed by atoms with van der Waals surface area (Å²) in [5, 5.41) is 27.1. The maximum Gasteiger partial charge on any atom is 0.307 e. The van der Waals surface area contributed by atoms with Crippen LogP contribution in [0.15, 0.2) is 57.9 Å². The summed E-state index contributed by atoms with van der Waals surface area (Å²) in [6.07, 6.45) is 10.2. The topological polar surface area (TPSA) is 81.1 Å². The van der Waals surface area contributed by atoms with Gasteiger partial charge in [-0.15, -0.1) is 70.2 Å². The summed E-state index contributed by atoms with van der Waals surface area (Å²) in [6, 6.07) is 8.72. The number of piperidine rings is 2. The first-order valence-corrected chi connectivity index (χ1v) is 21.1. The minimum absolute atomic E-state index is 0. The van der Waals surface area contributed by atoms with E-state index in [0.29, 0.717) is 13.1 Å². The highest BCUT2D eigenvalue weighted by molar-refractivity contribution is 7.14. The van der Waals surface area contributed by atoms with Crippen molar-refractivity contribution in [3.05, 3.63) is 99.7 Å². The molecule has 2 aliphatic heterocycles. The van der Waals surface area contributed by atoms with Gasteiger partial charge in [0.05, 0.1) is 11.8 Å². The van der Waals surface area contributed by atoms with Gasteiger partial charge in [0.15, 0.2) is 0 Å². The van der Waals surface area contributed by atoms with Crippen LogP contribution in [0.3, 0.4) is 0 Å². The molecule has 52 heavy (non-hydrogen) atoms. The fourth-order valence-corrected chi connectivity index (χ4v) is 10.9. The number of hydrogen-bond donors (Lipinski definition) is 2. The van der Waals surface area contributed by atoms with Crippen LogP contribution >= 0.6 is 70.2 Å². The summed E-state index contributed by atoms with van der Waals surface area (Å²) >= 11 is 7.21. The Morgan fingerprint density at radius 2 is 0.923 bits per heavy atom. The Hall–Kier alpha value is -2.28. The Bertz CT molecular complexity index is 1570. The summed E-state index contributed by atoms with van der Waals surface area (Å²) in [5.41, 5.74) is 7.99. The summed E-state index contributed by atoms with van der Waals surface area (Å²) in [4.78, 5) is 32.5. The second kappa shape index (κ2) is 21.6. The molecule has 6 nitrogen and oxygen atoms in total. The van der Waals surface area contributed by atoms with Crippen LogP contribution in [0.4, 0.5) is 0 Å². The molecule has 0 aliphatic carbocycles. The Kier molecular flexibility index (Phi) is 18.3. The zero-order valence-electron chi connectivity index (χ0n) is 30.5. The summed E-state index contributed by atoms with van der Waals surface area (Å²) < 4.78 is 0. The van der Waals surface area contributed by atoms with Crippen LogP contribution in [0.5, 0.6) is 0 Å². The number of likely N-dealkylation sites (tertiary alicyclic amines) is 2. The lowest BCUT2D eigenvalue weighted by Gasteiger charge is -2.30. The maximum absolute atomic E-state index is 11.2. The summed E-state index contributed by atoms with van der Waals surface area (Å²) in [6.45, 7) is 14.0. The third-order valence-corrected chi connectivity index (χ3v) is 13.9. The molecule has 0 unspecified atom stereocenters. The average molecular weight is 824 g/mol. The first-order chi connectivity index (χ1) is 24.1. The zero-order valence-corrected chi connectivity index (χ0v) is 35.4. The van der Waals surface area contributed by atoms with Crippen molar-refractivity contribution in [3.63, 3.8) is 0 Å². The Morgan fingerprint density at radius 1 is 0.615 bits per heavy atom. The number of rotatable bonds is 12. The van der Waals surface area contributed by atoms with Crippen molar-refractivity contribution in [2.45, 2.75) is 66.2 Å². The van der Waals surface area contributed by atoms with E-state index in [1.54, 1.807) is 45.3 Å². The van der Waals surface area contributed by atoms with E-state index in [0.717, 1.165) is 64.7 Å². The molecule has 0 aromatic carbocycles. The van der Waals surface area contributed by atoms with Crippen LogP contribution < -0.4 is 0 Å². The maximum atomic E-state index is 11.2. The van der Waals surface area contributed by atoms with Crippen molar-refractivity contribution in [3.8, 4) is 0 Å². The SMILES string of the molecule is Cc1ccsc1C(=CCCN1CCC[C@@H](C(=O)O)C1)c1sccc1C.Cc1ccsc1C(=CCCN1CCC[C@@H](C(=O)O)C1)c1sccc1C.Cl.Cl. The first-order valence-electron chi connectivity index (χ1n) is 17.6. The van der Waals surface area contributed by atoms with Gasteiger partial charge < -0.3 is 20.0 Å². The second-order valence-electron chi connectivity index (χ2n) is 13.5. The number of carboxylic acid groups (broad SMARTS) is 2. The van der Waals surface area contributed by atoms with E-state index >= 15 is 0 Å². The van der Waals surface area contributed by atoms with Crippen LogP contribution in [0.25, 0.3) is 11.1 Å². The van der Waals surface area contributed by atoms with Crippen molar-refractivity contribution in [1.29, 1.82) is 0 Å².